The molecule has 0 radical (unpaired) electrons. The van der Waals surface area contributed by atoms with E-state index in [0.29, 0.717) is 32.2 Å². The lowest BCUT2D eigenvalue weighted by molar-refractivity contribution is -0.129. The summed E-state index contributed by atoms with van der Waals surface area (Å²) in [5.74, 6) is 0.314. The van der Waals surface area contributed by atoms with Crippen LogP contribution >= 0.6 is 0 Å². The smallest absolute Gasteiger partial charge is 0.356 e. The SMILES string of the molecule is CC(=O)N1CCc2c(c(-c3cccc4cc(-c5cnn(CCC6CCN(c7ccc(C(=O)O)nn7)CC6)c5)ncc34)nn2C2COC2)C1. The average molecular weight is 648 g/mol. The largest absolute Gasteiger partial charge is 0.476 e. The monoisotopic (exact) mass is 647 g/mol. The molecule has 0 saturated carbocycles. The third-order valence-electron chi connectivity index (χ3n) is 10.0. The zero-order valence-electron chi connectivity index (χ0n) is 26.8. The Bertz CT molecular complexity index is 1990. The number of piperidine rings is 1. The van der Waals surface area contributed by atoms with E-state index in [0.717, 1.165) is 90.0 Å². The molecule has 1 aromatic carbocycles. The maximum atomic E-state index is 12.3. The number of aromatic nitrogens is 7. The van der Waals surface area contributed by atoms with Gasteiger partial charge < -0.3 is 19.6 Å². The van der Waals surface area contributed by atoms with Gasteiger partial charge >= 0.3 is 5.97 Å². The van der Waals surface area contributed by atoms with Crippen LogP contribution in [0.25, 0.3) is 33.3 Å². The van der Waals surface area contributed by atoms with Crippen LogP contribution in [0.3, 0.4) is 0 Å². The first-order valence-corrected chi connectivity index (χ1v) is 16.6. The van der Waals surface area contributed by atoms with Crippen molar-refractivity contribution in [1.29, 1.82) is 0 Å². The minimum Gasteiger partial charge on any atom is -0.476 e. The topological polar surface area (TPSA) is 144 Å². The second kappa shape index (κ2) is 12.5. The minimum absolute atomic E-state index is 0.0412. The van der Waals surface area contributed by atoms with Gasteiger partial charge in [-0.15, -0.1) is 10.2 Å². The number of hydrogen-bond donors (Lipinski definition) is 1. The molecular formula is C35H37N9O4. The van der Waals surface area contributed by atoms with Gasteiger partial charge in [-0.1, -0.05) is 18.2 Å². The van der Waals surface area contributed by atoms with E-state index in [4.69, 9.17) is 19.9 Å². The number of hydrogen-bond acceptors (Lipinski definition) is 9. The van der Waals surface area contributed by atoms with Gasteiger partial charge in [0.1, 0.15) is 0 Å². The first-order valence-electron chi connectivity index (χ1n) is 16.6. The predicted octanol–water partition coefficient (Wildman–Crippen LogP) is 4.23. The van der Waals surface area contributed by atoms with Gasteiger partial charge in [-0.05, 0) is 48.8 Å². The number of carbonyl (C=O) groups is 2. The van der Waals surface area contributed by atoms with E-state index in [1.165, 1.54) is 11.8 Å². The maximum absolute atomic E-state index is 12.3. The van der Waals surface area contributed by atoms with Crippen molar-refractivity contribution >= 4 is 28.5 Å². The molecule has 246 valence electrons. The predicted molar refractivity (Wildman–Crippen MR) is 177 cm³/mol. The number of nitrogens with zero attached hydrogens (tertiary/aromatic N) is 9. The van der Waals surface area contributed by atoms with Crippen molar-refractivity contribution < 1.29 is 19.4 Å². The lowest BCUT2D eigenvalue weighted by Crippen LogP contribution is -2.37. The fourth-order valence-corrected chi connectivity index (χ4v) is 7.13. The Kier molecular flexibility index (Phi) is 7.83. The average Bonchev–Trinajstić information content (AvgIpc) is 3.71. The third kappa shape index (κ3) is 5.68. The van der Waals surface area contributed by atoms with E-state index in [2.05, 4.69) is 55.3 Å². The fourth-order valence-electron chi connectivity index (χ4n) is 7.13. The second-order valence-corrected chi connectivity index (χ2v) is 13.0. The van der Waals surface area contributed by atoms with Crippen LogP contribution in [0, 0.1) is 5.92 Å². The normalized spacial score (nSPS) is 17.0. The highest BCUT2D eigenvalue weighted by Gasteiger charge is 2.32. The summed E-state index contributed by atoms with van der Waals surface area (Å²) in [4.78, 5) is 32.3. The highest BCUT2D eigenvalue weighted by Crippen LogP contribution is 2.37. The molecule has 3 aliphatic rings. The van der Waals surface area contributed by atoms with Crippen molar-refractivity contribution in [1.82, 2.24) is 39.6 Å². The van der Waals surface area contributed by atoms with Crippen LogP contribution in [0.4, 0.5) is 5.82 Å². The van der Waals surface area contributed by atoms with Crippen molar-refractivity contribution in [2.24, 2.45) is 5.92 Å². The quantitative estimate of drug-likeness (QED) is 0.260. The number of rotatable bonds is 8. The van der Waals surface area contributed by atoms with E-state index in [-0.39, 0.29) is 17.6 Å². The van der Waals surface area contributed by atoms with E-state index in [9.17, 15) is 9.59 Å². The fraction of sp³-hybridized carbons (Fsp3) is 0.400. The summed E-state index contributed by atoms with van der Waals surface area (Å²) in [6, 6.07) is 11.9. The van der Waals surface area contributed by atoms with Gasteiger partial charge in [0.25, 0.3) is 0 Å². The first-order chi connectivity index (χ1) is 23.4. The Morgan fingerprint density at radius 2 is 1.90 bits per heavy atom. The highest BCUT2D eigenvalue weighted by atomic mass is 16.5. The molecule has 48 heavy (non-hydrogen) atoms. The third-order valence-corrected chi connectivity index (χ3v) is 10.0. The standard InChI is InChI=1S/C35H37N9O4/c1-22(45)42-13-10-32-29(19-42)34(40-44(32)26-20-48-21-26)27-4-2-3-24-15-31(36-17-28(24)27)25-16-37-43(18-25)14-9-23-7-11-41(12-8-23)33-6-5-30(35(46)47)38-39-33/h2-6,15-18,23,26H,7-14,19-21H2,1H3,(H,46,47). The number of amides is 1. The summed E-state index contributed by atoms with van der Waals surface area (Å²) in [5, 5.41) is 28.9. The van der Waals surface area contributed by atoms with Gasteiger partial charge in [-0.3, -0.25) is 19.1 Å². The number of carboxylic acid groups (broad SMARTS) is 1. The summed E-state index contributed by atoms with van der Waals surface area (Å²) in [6.07, 6.45) is 9.78. The van der Waals surface area contributed by atoms with Crippen LogP contribution in [-0.4, -0.2) is 89.5 Å². The molecule has 1 amide bonds. The van der Waals surface area contributed by atoms with Gasteiger partial charge in [0.2, 0.25) is 5.91 Å². The number of pyridine rings is 1. The van der Waals surface area contributed by atoms with E-state index >= 15 is 0 Å². The summed E-state index contributed by atoms with van der Waals surface area (Å²) >= 11 is 0. The minimum atomic E-state index is -1.07. The van der Waals surface area contributed by atoms with Gasteiger partial charge in [0.05, 0.1) is 36.8 Å². The van der Waals surface area contributed by atoms with Crippen LogP contribution in [0.15, 0.2) is 55.0 Å². The number of anilines is 1. The van der Waals surface area contributed by atoms with Gasteiger partial charge in [0.15, 0.2) is 11.5 Å². The van der Waals surface area contributed by atoms with Crippen LogP contribution in [-0.2, 0) is 29.0 Å². The molecule has 0 spiro atoms. The number of aromatic carboxylic acids is 1. The number of aryl methyl sites for hydroxylation is 1. The Balaban J connectivity index is 0.958. The van der Waals surface area contributed by atoms with Gasteiger partial charge in [0, 0.05) is 86.2 Å². The molecule has 13 heteroatoms. The number of carbonyl (C=O) groups excluding carboxylic acids is 1. The van der Waals surface area contributed by atoms with Crippen LogP contribution < -0.4 is 4.90 Å². The number of carboxylic acids is 1. The van der Waals surface area contributed by atoms with Crippen molar-refractivity contribution in [3.63, 3.8) is 0 Å². The number of benzene rings is 1. The molecule has 1 N–H and O–H groups in total. The zero-order chi connectivity index (χ0) is 32.8. The van der Waals surface area contributed by atoms with Crippen molar-refractivity contribution in [2.75, 3.05) is 37.7 Å². The molecule has 2 saturated heterocycles. The Morgan fingerprint density at radius 3 is 2.62 bits per heavy atom. The first kappa shape index (κ1) is 30.2. The van der Waals surface area contributed by atoms with Gasteiger partial charge in [-0.2, -0.15) is 10.2 Å². The molecule has 5 aromatic rings. The molecule has 0 unspecified atom stereocenters. The van der Waals surface area contributed by atoms with Gasteiger partial charge in [-0.25, -0.2) is 4.79 Å². The molecule has 4 aromatic heterocycles. The highest BCUT2D eigenvalue weighted by molar-refractivity contribution is 5.97. The summed E-state index contributed by atoms with van der Waals surface area (Å²) in [5.41, 5.74) is 6.08. The molecule has 0 aliphatic carbocycles. The number of fused-ring (bicyclic) bond motifs is 2. The van der Waals surface area contributed by atoms with Crippen LogP contribution in [0.5, 0.6) is 0 Å². The Hall–Kier alpha value is -5.17. The molecule has 0 atom stereocenters. The number of ether oxygens (including phenoxy) is 1. The molecule has 0 bridgehead atoms. The van der Waals surface area contributed by atoms with Crippen molar-refractivity contribution in [2.45, 2.75) is 51.7 Å². The second-order valence-electron chi connectivity index (χ2n) is 13.0. The van der Waals surface area contributed by atoms with E-state index in [1.807, 2.05) is 22.0 Å². The van der Waals surface area contributed by atoms with E-state index < -0.39 is 5.97 Å². The van der Waals surface area contributed by atoms with Crippen molar-refractivity contribution in [3.05, 3.63) is 71.9 Å². The lowest BCUT2D eigenvalue weighted by Gasteiger charge is -2.32. The van der Waals surface area contributed by atoms with Crippen LogP contribution in [0.2, 0.25) is 0 Å². The molecule has 13 nitrogen and oxygen atoms in total. The Labute approximate surface area is 277 Å². The Morgan fingerprint density at radius 1 is 1.04 bits per heavy atom. The summed E-state index contributed by atoms with van der Waals surface area (Å²) in [6.45, 7) is 6.79. The summed E-state index contributed by atoms with van der Waals surface area (Å²) < 4.78 is 9.64. The summed E-state index contributed by atoms with van der Waals surface area (Å²) in [7, 11) is 0. The molecule has 8 rings (SSSR count). The molecule has 7 heterocycles. The zero-order valence-corrected chi connectivity index (χ0v) is 26.8. The van der Waals surface area contributed by atoms with Crippen molar-refractivity contribution in [3.8, 4) is 22.5 Å². The lowest BCUT2D eigenvalue weighted by atomic mass is 9.93. The van der Waals surface area contributed by atoms with Crippen LogP contribution in [0.1, 0.15) is 54.0 Å². The molecule has 2 fully saturated rings. The van der Waals surface area contributed by atoms with E-state index in [1.54, 1.807) is 13.0 Å². The molecular weight excluding hydrogens is 610 g/mol. The molecule has 3 aliphatic heterocycles. The maximum Gasteiger partial charge on any atom is 0.356 e.